The number of hydrogen-bond donors (Lipinski definition) is 1. The minimum atomic E-state index is -0.468. The van der Waals surface area contributed by atoms with Crippen LogP contribution in [-0.4, -0.2) is 41.2 Å². The molecular formula is C16H23NO3. The number of benzene rings is 1. The first kappa shape index (κ1) is 14.9. The maximum Gasteiger partial charge on any atom is 0.263 e. The van der Waals surface area contributed by atoms with Crippen molar-refractivity contribution in [3.63, 3.8) is 0 Å². The number of rotatable bonds is 7. The fraction of sp³-hybridized carbons (Fsp3) is 0.562. The summed E-state index contributed by atoms with van der Waals surface area (Å²) in [4.78, 5) is 14.4. The summed E-state index contributed by atoms with van der Waals surface area (Å²) in [5.74, 6) is 0.709. The molecule has 1 unspecified atom stereocenters. The van der Waals surface area contributed by atoms with Gasteiger partial charge in [-0.05, 0) is 37.8 Å². The molecule has 0 spiro atoms. The van der Waals surface area contributed by atoms with Gasteiger partial charge in [0.15, 0.2) is 6.10 Å². The molecule has 1 amide bonds. The molecule has 1 N–H and O–H groups in total. The lowest BCUT2D eigenvalue weighted by molar-refractivity contribution is -0.143. The monoisotopic (exact) mass is 277 g/mol. The Morgan fingerprint density at radius 2 is 2.10 bits per heavy atom. The predicted octanol–water partition coefficient (Wildman–Crippen LogP) is 2.22. The second-order valence-corrected chi connectivity index (χ2v) is 5.17. The van der Waals surface area contributed by atoms with Gasteiger partial charge in [-0.1, -0.05) is 25.1 Å². The summed E-state index contributed by atoms with van der Waals surface area (Å²) in [5, 5.41) is 9.16. The van der Waals surface area contributed by atoms with Crippen molar-refractivity contribution in [1.29, 1.82) is 0 Å². The summed E-state index contributed by atoms with van der Waals surface area (Å²) in [6.07, 6.45) is 3.39. The molecular weight excluding hydrogens is 254 g/mol. The summed E-state index contributed by atoms with van der Waals surface area (Å²) < 4.78 is 5.80. The van der Waals surface area contributed by atoms with Gasteiger partial charge >= 0.3 is 0 Å². The molecule has 1 atom stereocenters. The van der Waals surface area contributed by atoms with Gasteiger partial charge in [0, 0.05) is 12.6 Å². The third kappa shape index (κ3) is 3.51. The van der Waals surface area contributed by atoms with Crippen molar-refractivity contribution in [1.82, 2.24) is 4.90 Å². The molecule has 1 fully saturated rings. The van der Waals surface area contributed by atoms with E-state index < -0.39 is 6.10 Å². The van der Waals surface area contributed by atoms with Crippen LogP contribution in [0.5, 0.6) is 5.75 Å². The van der Waals surface area contributed by atoms with E-state index in [4.69, 9.17) is 9.84 Å². The van der Waals surface area contributed by atoms with Crippen molar-refractivity contribution in [3.05, 3.63) is 30.3 Å². The highest BCUT2D eigenvalue weighted by molar-refractivity contribution is 5.81. The third-order valence-corrected chi connectivity index (χ3v) is 3.81. The van der Waals surface area contributed by atoms with Crippen molar-refractivity contribution in [2.75, 3.05) is 13.2 Å². The van der Waals surface area contributed by atoms with Gasteiger partial charge in [0.05, 0.1) is 6.61 Å². The molecule has 1 aliphatic carbocycles. The number of ether oxygens (including phenoxy) is 1. The van der Waals surface area contributed by atoms with Crippen LogP contribution in [0.4, 0.5) is 0 Å². The number of amides is 1. The van der Waals surface area contributed by atoms with Crippen molar-refractivity contribution in [2.45, 2.75) is 44.8 Å². The zero-order valence-electron chi connectivity index (χ0n) is 12.0. The average Bonchev–Trinajstić information content (AvgIpc) is 2.43. The fourth-order valence-corrected chi connectivity index (χ4v) is 2.44. The van der Waals surface area contributed by atoms with E-state index in [9.17, 15) is 4.79 Å². The first-order valence-corrected chi connectivity index (χ1v) is 7.39. The zero-order chi connectivity index (χ0) is 14.4. The predicted molar refractivity (Wildman–Crippen MR) is 77.6 cm³/mol. The van der Waals surface area contributed by atoms with Crippen LogP contribution in [0.1, 0.15) is 32.6 Å². The van der Waals surface area contributed by atoms with Crippen molar-refractivity contribution >= 4 is 5.91 Å². The van der Waals surface area contributed by atoms with Crippen LogP contribution in [0.25, 0.3) is 0 Å². The van der Waals surface area contributed by atoms with E-state index in [1.54, 1.807) is 4.90 Å². The topological polar surface area (TPSA) is 49.8 Å². The Bertz CT molecular complexity index is 417. The number of aliphatic hydroxyl groups is 1. The highest BCUT2D eigenvalue weighted by Gasteiger charge is 2.32. The largest absolute Gasteiger partial charge is 0.481 e. The van der Waals surface area contributed by atoms with Gasteiger partial charge in [-0.25, -0.2) is 0 Å². The molecule has 110 valence electrons. The van der Waals surface area contributed by atoms with Gasteiger partial charge in [-0.3, -0.25) is 4.79 Å². The third-order valence-electron chi connectivity index (χ3n) is 3.81. The lowest BCUT2D eigenvalue weighted by atomic mass is 9.91. The summed E-state index contributed by atoms with van der Waals surface area (Å²) in [6.45, 7) is 2.35. The van der Waals surface area contributed by atoms with Crippen LogP contribution < -0.4 is 4.74 Å². The SMILES string of the molecule is CCC(Oc1ccccc1)C(=O)N(CCO)C1CCC1. The van der Waals surface area contributed by atoms with E-state index in [1.807, 2.05) is 37.3 Å². The second kappa shape index (κ2) is 7.29. The van der Waals surface area contributed by atoms with E-state index in [0.29, 0.717) is 18.7 Å². The molecule has 1 aliphatic rings. The number of carbonyl (C=O) groups excluding carboxylic acids is 1. The van der Waals surface area contributed by atoms with Gasteiger partial charge in [-0.15, -0.1) is 0 Å². The van der Waals surface area contributed by atoms with E-state index in [1.165, 1.54) is 0 Å². The van der Waals surface area contributed by atoms with Crippen LogP contribution in [-0.2, 0) is 4.79 Å². The van der Waals surface area contributed by atoms with E-state index >= 15 is 0 Å². The standard InChI is InChI=1S/C16H23NO3/c1-2-15(20-14-9-4-3-5-10-14)16(19)17(11-12-18)13-7-6-8-13/h3-5,9-10,13,15,18H,2,6-8,11-12H2,1H3. The smallest absolute Gasteiger partial charge is 0.263 e. The summed E-state index contributed by atoms with van der Waals surface area (Å²) in [5.41, 5.74) is 0. The second-order valence-electron chi connectivity index (χ2n) is 5.17. The van der Waals surface area contributed by atoms with E-state index in [0.717, 1.165) is 19.3 Å². The van der Waals surface area contributed by atoms with Crippen molar-refractivity contribution in [2.24, 2.45) is 0 Å². The van der Waals surface area contributed by atoms with Gasteiger partial charge in [0.2, 0.25) is 0 Å². The Balaban J connectivity index is 2.02. The Kier molecular flexibility index (Phi) is 5.41. The Morgan fingerprint density at radius 1 is 1.40 bits per heavy atom. The molecule has 0 bridgehead atoms. The van der Waals surface area contributed by atoms with Gasteiger partial charge in [0.1, 0.15) is 5.75 Å². The van der Waals surface area contributed by atoms with Gasteiger partial charge in [0.25, 0.3) is 5.91 Å². The lowest BCUT2D eigenvalue weighted by Crippen LogP contribution is -2.50. The number of aliphatic hydroxyl groups excluding tert-OH is 1. The lowest BCUT2D eigenvalue weighted by Gasteiger charge is -2.38. The zero-order valence-corrected chi connectivity index (χ0v) is 12.0. The molecule has 0 heterocycles. The Labute approximate surface area is 120 Å². The van der Waals surface area contributed by atoms with Gasteiger partial charge in [-0.2, -0.15) is 0 Å². The first-order chi connectivity index (χ1) is 9.76. The van der Waals surface area contributed by atoms with Crippen LogP contribution in [0, 0.1) is 0 Å². The van der Waals surface area contributed by atoms with Crippen LogP contribution in [0.2, 0.25) is 0 Å². The van der Waals surface area contributed by atoms with Gasteiger partial charge < -0.3 is 14.7 Å². The molecule has 4 nitrogen and oxygen atoms in total. The summed E-state index contributed by atoms with van der Waals surface area (Å²) in [6, 6.07) is 9.70. The molecule has 0 aromatic heterocycles. The highest BCUT2D eigenvalue weighted by atomic mass is 16.5. The minimum absolute atomic E-state index is 0.00398. The van der Waals surface area contributed by atoms with Crippen LogP contribution in [0.3, 0.4) is 0 Å². The van der Waals surface area contributed by atoms with Crippen LogP contribution in [0.15, 0.2) is 30.3 Å². The molecule has 20 heavy (non-hydrogen) atoms. The normalized spacial score (nSPS) is 16.3. The average molecular weight is 277 g/mol. The molecule has 1 saturated carbocycles. The Morgan fingerprint density at radius 3 is 2.60 bits per heavy atom. The van der Waals surface area contributed by atoms with E-state index in [-0.39, 0.29) is 18.6 Å². The van der Waals surface area contributed by atoms with Crippen molar-refractivity contribution in [3.8, 4) is 5.75 Å². The number of para-hydroxylation sites is 1. The highest BCUT2D eigenvalue weighted by Crippen LogP contribution is 2.26. The molecule has 2 rings (SSSR count). The quantitative estimate of drug-likeness (QED) is 0.831. The Hall–Kier alpha value is -1.55. The van der Waals surface area contributed by atoms with Crippen LogP contribution >= 0.6 is 0 Å². The summed E-state index contributed by atoms with van der Waals surface area (Å²) in [7, 11) is 0. The summed E-state index contributed by atoms with van der Waals surface area (Å²) >= 11 is 0. The maximum atomic E-state index is 12.6. The van der Waals surface area contributed by atoms with Crippen molar-refractivity contribution < 1.29 is 14.6 Å². The number of hydrogen-bond acceptors (Lipinski definition) is 3. The molecule has 0 aliphatic heterocycles. The molecule has 1 aromatic carbocycles. The first-order valence-electron chi connectivity index (χ1n) is 7.39. The number of nitrogens with zero attached hydrogens (tertiary/aromatic N) is 1. The molecule has 0 radical (unpaired) electrons. The number of carbonyl (C=O) groups is 1. The fourth-order valence-electron chi connectivity index (χ4n) is 2.44. The molecule has 1 aromatic rings. The van der Waals surface area contributed by atoms with E-state index in [2.05, 4.69) is 0 Å². The molecule has 0 saturated heterocycles. The molecule has 4 heteroatoms. The maximum absolute atomic E-state index is 12.6. The minimum Gasteiger partial charge on any atom is -0.481 e.